The Labute approximate surface area is 119 Å². The number of amides is 2. The number of anilines is 1. The van der Waals surface area contributed by atoms with Crippen molar-refractivity contribution in [3.05, 3.63) is 29.6 Å². The minimum absolute atomic E-state index is 0.218. The monoisotopic (exact) mass is 300 g/mol. The van der Waals surface area contributed by atoms with Crippen LogP contribution in [0.2, 0.25) is 0 Å². The van der Waals surface area contributed by atoms with Crippen molar-refractivity contribution in [2.45, 2.75) is 32.9 Å². The van der Waals surface area contributed by atoms with Gasteiger partial charge in [-0.3, -0.25) is 14.5 Å². The maximum absolute atomic E-state index is 13.9. The quantitative estimate of drug-likeness (QED) is 0.849. The van der Waals surface area contributed by atoms with E-state index in [4.69, 9.17) is 0 Å². The van der Waals surface area contributed by atoms with Crippen LogP contribution >= 0.6 is 0 Å². The fraction of sp³-hybridized carbons (Fsp3) is 0.429. The lowest BCUT2D eigenvalue weighted by atomic mass is 9.97. The summed E-state index contributed by atoms with van der Waals surface area (Å²) in [5, 5.41) is 2.54. The van der Waals surface area contributed by atoms with Crippen LogP contribution in [0.15, 0.2) is 12.1 Å². The number of halogens is 3. The van der Waals surface area contributed by atoms with E-state index in [0.717, 1.165) is 4.90 Å². The average Bonchev–Trinajstić information content (AvgIpc) is 2.39. The van der Waals surface area contributed by atoms with Crippen LogP contribution in [0, 0.1) is 23.4 Å². The first kappa shape index (κ1) is 15.3. The van der Waals surface area contributed by atoms with Crippen molar-refractivity contribution in [1.29, 1.82) is 0 Å². The van der Waals surface area contributed by atoms with Crippen LogP contribution in [-0.2, 0) is 9.59 Å². The summed E-state index contributed by atoms with van der Waals surface area (Å²) in [6.07, 6.45) is 0. The summed E-state index contributed by atoms with van der Waals surface area (Å²) in [5.74, 6) is -4.97. The molecule has 1 aromatic rings. The number of benzene rings is 1. The normalized spacial score (nSPS) is 22.7. The molecule has 1 fully saturated rings. The Balaban J connectivity index is 2.51. The molecule has 1 heterocycles. The largest absolute Gasteiger partial charge is 0.342 e. The summed E-state index contributed by atoms with van der Waals surface area (Å²) in [6, 6.07) is -0.885. The molecule has 1 aliphatic heterocycles. The van der Waals surface area contributed by atoms with Crippen LogP contribution in [0.3, 0.4) is 0 Å². The van der Waals surface area contributed by atoms with Crippen molar-refractivity contribution in [1.82, 2.24) is 5.32 Å². The Morgan fingerprint density at radius 3 is 2.24 bits per heavy atom. The minimum Gasteiger partial charge on any atom is -0.342 e. The molecule has 2 unspecified atom stereocenters. The zero-order chi connectivity index (χ0) is 15.9. The van der Waals surface area contributed by atoms with Gasteiger partial charge >= 0.3 is 0 Å². The summed E-state index contributed by atoms with van der Waals surface area (Å²) < 4.78 is 40.2. The minimum atomic E-state index is -1.35. The van der Waals surface area contributed by atoms with Gasteiger partial charge in [0.05, 0.1) is 5.69 Å². The molecule has 1 N–H and O–H groups in total. The molecule has 1 aromatic carbocycles. The predicted molar refractivity (Wildman–Crippen MR) is 70.0 cm³/mol. The second-order valence-electron chi connectivity index (χ2n) is 5.33. The van der Waals surface area contributed by atoms with Gasteiger partial charge in [-0.2, -0.15) is 0 Å². The Hall–Kier alpha value is -2.05. The van der Waals surface area contributed by atoms with E-state index in [1.165, 1.54) is 6.92 Å². The van der Waals surface area contributed by atoms with Gasteiger partial charge < -0.3 is 5.32 Å². The van der Waals surface area contributed by atoms with E-state index in [0.29, 0.717) is 12.1 Å². The first-order valence-corrected chi connectivity index (χ1v) is 6.52. The standard InChI is InChI=1S/C14H15F3N2O2/c1-6(2)12-14(21)19(7(3)13(20)18-12)11-5-9(16)8(15)4-10(11)17/h4-7,12H,1-3H3,(H,18,20). The third-order valence-electron chi connectivity index (χ3n) is 3.48. The highest BCUT2D eigenvalue weighted by atomic mass is 19.2. The summed E-state index contributed by atoms with van der Waals surface area (Å²) in [5.41, 5.74) is -0.438. The number of carbonyl (C=O) groups is 2. The van der Waals surface area contributed by atoms with Crippen molar-refractivity contribution in [3.8, 4) is 0 Å². The Morgan fingerprint density at radius 2 is 1.67 bits per heavy atom. The molecule has 0 saturated carbocycles. The van der Waals surface area contributed by atoms with Gasteiger partial charge in [0.1, 0.15) is 17.9 Å². The van der Waals surface area contributed by atoms with Crippen molar-refractivity contribution < 1.29 is 22.8 Å². The van der Waals surface area contributed by atoms with E-state index >= 15 is 0 Å². The zero-order valence-electron chi connectivity index (χ0n) is 11.8. The van der Waals surface area contributed by atoms with E-state index in [-0.39, 0.29) is 5.92 Å². The fourth-order valence-electron chi connectivity index (χ4n) is 2.27. The fourth-order valence-corrected chi connectivity index (χ4v) is 2.27. The average molecular weight is 300 g/mol. The molecule has 0 aliphatic carbocycles. The van der Waals surface area contributed by atoms with E-state index in [9.17, 15) is 22.8 Å². The summed E-state index contributed by atoms with van der Waals surface area (Å²) in [4.78, 5) is 25.2. The number of piperazine rings is 1. The van der Waals surface area contributed by atoms with Gasteiger partial charge in [0.25, 0.3) is 5.91 Å². The molecule has 4 nitrogen and oxygen atoms in total. The summed E-state index contributed by atoms with van der Waals surface area (Å²) in [7, 11) is 0. The molecular weight excluding hydrogens is 285 g/mol. The number of nitrogens with one attached hydrogen (secondary N) is 1. The Bertz CT molecular complexity index is 604. The molecule has 21 heavy (non-hydrogen) atoms. The van der Waals surface area contributed by atoms with Gasteiger partial charge in [-0.25, -0.2) is 13.2 Å². The van der Waals surface area contributed by atoms with Gasteiger partial charge in [0.2, 0.25) is 5.91 Å². The lowest BCUT2D eigenvalue weighted by molar-refractivity contribution is -0.134. The second-order valence-corrected chi connectivity index (χ2v) is 5.33. The molecule has 7 heteroatoms. The highest BCUT2D eigenvalue weighted by Gasteiger charge is 2.41. The van der Waals surface area contributed by atoms with Gasteiger partial charge in [-0.05, 0) is 12.8 Å². The number of carbonyl (C=O) groups excluding carboxylic acids is 2. The van der Waals surface area contributed by atoms with Crippen molar-refractivity contribution >= 4 is 17.5 Å². The van der Waals surface area contributed by atoms with Crippen molar-refractivity contribution in [3.63, 3.8) is 0 Å². The molecular formula is C14H15F3N2O2. The third kappa shape index (κ3) is 2.59. The SMILES string of the molecule is CC(C)C1NC(=O)C(C)N(c2cc(F)c(F)cc2F)C1=O. The van der Waals surface area contributed by atoms with Crippen LogP contribution in [0.5, 0.6) is 0 Å². The van der Waals surface area contributed by atoms with Gasteiger partial charge in [0, 0.05) is 12.1 Å². The molecule has 0 spiro atoms. The topological polar surface area (TPSA) is 49.4 Å². The molecule has 1 saturated heterocycles. The number of nitrogens with zero attached hydrogens (tertiary/aromatic N) is 1. The maximum atomic E-state index is 13.9. The maximum Gasteiger partial charge on any atom is 0.250 e. The molecule has 1 aliphatic rings. The molecule has 2 amide bonds. The van der Waals surface area contributed by atoms with E-state index in [1.54, 1.807) is 13.8 Å². The van der Waals surface area contributed by atoms with Crippen LogP contribution in [0.1, 0.15) is 20.8 Å². The van der Waals surface area contributed by atoms with Crippen LogP contribution in [0.4, 0.5) is 18.9 Å². The molecule has 2 rings (SSSR count). The Morgan fingerprint density at radius 1 is 1.10 bits per heavy atom. The molecule has 0 aromatic heterocycles. The summed E-state index contributed by atoms with van der Waals surface area (Å²) in [6.45, 7) is 4.84. The van der Waals surface area contributed by atoms with E-state index in [1.807, 2.05) is 0 Å². The summed E-state index contributed by atoms with van der Waals surface area (Å²) >= 11 is 0. The lowest BCUT2D eigenvalue weighted by Crippen LogP contribution is -2.64. The highest BCUT2D eigenvalue weighted by Crippen LogP contribution is 2.28. The molecule has 0 radical (unpaired) electrons. The Kier molecular flexibility index (Phi) is 3.93. The van der Waals surface area contributed by atoms with Gasteiger partial charge in [-0.1, -0.05) is 13.8 Å². The predicted octanol–water partition coefficient (Wildman–Crippen LogP) is 1.98. The lowest BCUT2D eigenvalue weighted by Gasteiger charge is -2.38. The van der Waals surface area contributed by atoms with E-state index < -0.39 is 47.0 Å². The van der Waals surface area contributed by atoms with Crippen LogP contribution in [-0.4, -0.2) is 23.9 Å². The first-order chi connectivity index (χ1) is 9.73. The third-order valence-corrected chi connectivity index (χ3v) is 3.48. The number of rotatable bonds is 2. The van der Waals surface area contributed by atoms with Crippen LogP contribution < -0.4 is 10.2 Å². The first-order valence-electron chi connectivity index (χ1n) is 6.52. The van der Waals surface area contributed by atoms with Crippen molar-refractivity contribution in [2.75, 3.05) is 4.90 Å². The molecule has 114 valence electrons. The van der Waals surface area contributed by atoms with Gasteiger partial charge in [-0.15, -0.1) is 0 Å². The van der Waals surface area contributed by atoms with Crippen molar-refractivity contribution in [2.24, 2.45) is 5.92 Å². The number of hydrogen-bond donors (Lipinski definition) is 1. The second kappa shape index (κ2) is 5.38. The van der Waals surface area contributed by atoms with Crippen LogP contribution in [0.25, 0.3) is 0 Å². The van der Waals surface area contributed by atoms with Gasteiger partial charge in [0.15, 0.2) is 11.6 Å². The zero-order valence-corrected chi connectivity index (χ0v) is 11.8. The molecule has 2 atom stereocenters. The highest BCUT2D eigenvalue weighted by molar-refractivity contribution is 6.08. The van der Waals surface area contributed by atoms with E-state index in [2.05, 4.69) is 5.32 Å². The smallest absolute Gasteiger partial charge is 0.250 e. The molecule has 0 bridgehead atoms. The number of hydrogen-bond acceptors (Lipinski definition) is 2.